The van der Waals surface area contributed by atoms with Crippen LogP contribution in [0.25, 0.3) is 0 Å². The molecule has 8 nitrogen and oxygen atoms in total. The van der Waals surface area contributed by atoms with Crippen molar-refractivity contribution < 1.29 is 18.6 Å². The molecule has 11 heteroatoms. The molecule has 0 atom stereocenters. The van der Waals surface area contributed by atoms with E-state index in [0.29, 0.717) is 31.0 Å². The summed E-state index contributed by atoms with van der Waals surface area (Å²) >= 11 is 3.20. The van der Waals surface area contributed by atoms with Gasteiger partial charge in [-0.15, -0.1) is 0 Å². The Morgan fingerprint density at radius 3 is 2.66 bits per heavy atom. The van der Waals surface area contributed by atoms with Crippen molar-refractivity contribution >= 4 is 15.9 Å². The lowest BCUT2D eigenvalue weighted by Crippen LogP contribution is -2.26. The molecule has 0 spiro atoms. The van der Waals surface area contributed by atoms with Gasteiger partial charge in [-0.05, 0) is 48.0 Å². The summed E-state index contributed by atoms with van der Waals surface area (Å²) in [5, 5.41) is 11.9. The van der Waals surface area contributed by atoms with Gasteiger partial charge in [-0.25, -0.2) is 8.78 Å². The zero-order valence-corrected chi connectivity index (χ0v) is 18.9. The Bertz CT molecular complexity index is 1130. The Morgan fingerprint density at radius 1 is 1.22 bits per heavy atom. The Balaban J connectivity index is 1.69. The zero-order valence-electron chi connectivity index (χ0n) is 17.3. The first-order chi connectivity index (χ1) is 15.4. The van der Waals surface area contributed by atoms with Crippen LogP contribution in [0.2, 0.25) is 0 Å². The van der Waals surface area contributed by atoms with E-state index in [4.69, 9.17) is 9.84 Å². The minimum Gasteiger partial charge on any atom is -0.472 e. The molecule has 2 aromatic heterocycles. The number of ether oxygens (including phenoxy) is 1. The van der Waals surface area contributed by atoms with E-state index in [9.17, 15) is 13.6 Å². The van der Waals surface area contributed by atoms with Crippen molar-refractivity contribution in [2.24, 2.45) is 0 Å². The Hall–Kier alpha value is -2.76. The summed E-state index contributed by atoms with van der Waals surface area (Å²) in [5.41, 5.74) is 1.07. The normalized spacial score (nSPS) is 11.0. The average Bonchev–Trinajstić information content (AvgIpc) is 2.78. The van der Waals surface area contributed by atoms with Crippen LogP contribution in [0, 0.1) is 18.6 Å². The molecule has 0 amide bonds. The average molecular weight is 510 g/mol. The van der Waals surface area contributed by atoms with Gasteiger partial charge >= 0.3 is 0 Å². The number of nitrogens with one attached hydrogen (secondary N) is 1. The minimum absolute atomic E-state index is 0.0165. The molecule has 170 valence electrons. The summed E-state index contributed by atoms with van der Waals surface area (Å²) < 4.78 is 33.8. The molecule has 3 aromatic rings. The predicted molar refractivity (Wildman–Crippen MR) is 116 cm³/mol. The molecule has 2 N–H and O–H groups in total. The zero-order chi connectivity index (χ0) is 23.1. The van der Waals surface area contributed by atoms with Gasteiger partial charge in [0.25, 0.3) is 5.56 Å². The monoisotopic (exact) mass is 509 g/mol. The van der Waals surface area contributed by atoms with Crippen molar-refractivity contribution in [1.29, 1.82) is 0 Å². The third kappa shape index (κ3) is 6.15. The quantitative estimate of drug-likeness (QED) is 0.404. The molecule has 32 heavy (non-hydrogen) atoms. The second-order valence-corrected chi connectivity index (χ2v) is 7.74. The van der Waals surface area contributed by atoms with Crippen LogP contribution < -0.4 is 15.6 Å². The van der Waals surface area contributed by atoms with Crippen LogP contribution >= 0.6 is 15.9 Å². The van der Waals surface area contributed by atoms with Gasteiger partial charge in [0.2, 0.25) is 5.88 Å². The van der Waals surface area contributed by atoms with E-state index in [-0.39, 0.29) is 41.2 Å². The highest BCUT2D eigenvalue weighted by Crippen LogP contribution is 2.21. The van der Waals surface area contributed by atoms with Gasteiger partial charge in [0, 0.05) is 24.8 Å². The molecule has 0 radical (unpaired) electrons. The van der Waals surface area contributed by atoms with Gasteiger partial charge in [0.15, 0.2) is 0 Å². The van der Waals surface area contributed by atoms with Crippen molar-refractivity contribution in [3.05, 3.63) is 79.8 Å². The molecule has 0 bridgehead atoms. The lowest BCUT2D eigenvalue weighted by atomic mass is 10.2. The van der Waals surface area contributed by atoms with Gasteiger partial charge < -0.3 is 15.2 Å². The highest BCUT2D eigenvalue weighted by Gasteiger charge is 2.16. The summed E-state index contributed by atoms with van der Waals surface area (Å²) in [4.78, 5) is 25.8. The van der Waals surface area contributed by atoms with E-state index in [1.54, 1.807) is 19.3 Å². The summed E-state index contributed by atoms with van der Waals surface area (Å²) in [6, 6.07) is 3.17. The Labute approximate surface area is 191 Å². The molecular weight excluding hydrogens is 488 g/mol. The topological polar surface area (TPSA) is 102 Å². The number of aliphatic hydroxyl groups is 1. The van der Waals surface area contributed by atoms with Gasteiger partial charge in [-0.2, -0.15) is 4.98 Å². The first kappa shape index (κ1) is 23.9. The summed E-state index contributed by atoms with van der Waals surface area (Å²) in [7, 11) is 0. The molecule has 0 aliphatic heterocycles. The molecule has 0 saturated carbocycles. The van der Waals surface area contributed by atoms with Crippen molar-refractivity contribution in [1.82, 2.24) is 24.8 Å². The summed E-state index contributed by atoms with van der Waals surface area (Å²) in [6.45, 7) is 2.93. The lowest BCUT2D eigenvalue weighted by molar-refractivity contribution is 0.282. The largest absolute Gasteiger partial charge is 0.472 e. The third-order valence-electron chi connectivity index (χ3n) is 4.55. The number of hydrogen-bond donors (Lipinski definition) is 2. The number of hydrogen-bond acceptors (Lipinski definition) is 7. The first-order valence-corrected chi connectivity index (χ1v) is 10.6. The standard InChI is InChI=1S/C21H22BrF2N5O3/c1-13-28-20(32-12-14-3-4-15(23)7-18(14)24)19(22)21(31)29(13)11-17-10-26-16(9-27-17)8-25-5-2-6-30/h3-4,7,9-10,25,30H,2,5-6,8,11-12H2,1H3. The van der Waals surface area contributed by atoms with Gasteiger partial charge in [0.1, 0.15) is 28.5 Å². The third-order valence-corrected chi connectivity index (χ3v) is 5.23. The van der Waals surface area contributed by atoms with E-state index < -0.39 is 11.6 Å². The molecule has 3 rings (SSSR count). The number of nitrogens with zero attached hydrogens (tertiary/aromatic N) is 4. The fraction of sp³-hybridized carbons (Fsp3) is 0.333. The van der Waals surface area contributed by atoms with E-state index in [1.807, 2.05) is 0 Å². The number of aryl methyl sites for hydroxylation is 1. The molecule has 2 heterocycles. The Kier molecular flexibility index (Phi) is 8.37. The SMILES string of the molecule is Cc1nc(OCc2ccc(F)cc2F)c(Br)c(=O)n1Cc1cnc(CNCCCO)cn1. The highest BCUT2D eigenvalue weighted by molar-refractivity contribution is 9.10. The van der Waals surface area contributed by atoms with Crippen molar-refractivity contribution in [3.8, 4) is 5.88 Å². The number of aromatic nitrogens is 4. The van der Waals surface area contributed by atoms with Crippen molar-refractivity contribution in [2.45, 2.75) is 33.0 Å². The van der Waals surface area contributed by atoms with Gasteiger partial charge in [-0.1, -0.05) is 0 Å². The number of halogens is 3. The van der Waals surface area contributed by atoms with E-state index >= 15 is 0 Å². The van der Waals surface area contributed by atoms with Crippen LogP contribution in [0.4, 0.5) is 8.78 Å². The smallest absolute Gasteiger partial charge is 0.272 e. The molecule has 1 aromatic carbocycles. The lowest BCUT2D eigenvalue weighted by Gasteiger charge is -2.13. The second kappa shape index (κ2) is 11.2. The maximum atomic E-state index is 13.8. The van der Waals surface area contributed by atoms with E-state index in [2.05, 4.69) is 36.2 Å². The van der Waals surface area contributed by atoms with Crippen LogP contribution in [-0.4, -0.2) is 37.8 Å². The molecular formula is C21H22BrF2N5O3. The fourth-order valence-electron chi connectivity index (χ4n) is 2.82. The molecule has 0 fully saturated rings. The molecule has 0 unspecified atom stereocenters. The number of benzene rings is 1. The molecule has 0 saturated heterocycles. The van der Waals surface area contributed by atoms with E-state index in [0.717, 1.165) is 17.8 Å². The van der Waals surface area contributed by atoms with Crippen molar-refractivity contribution in [2.75, 3.05) is 13.2 Å². The minimum atomic E-state index is -0.739. The number of aliphatic hydroxyl groups excluding tert-OH is 1. The van der Waals surface area contributed by atoms with E-state index in [1.165, 1.54) is 10.6 Å². The van der Waals surface area contributed by atoms with Crippen LogP contribution in [0.1, 0.15) is 29.2 Å². The van der Waals surface area contributed by atoms with Gasteiger partial charge in [-0.3, -0.25) is 19.3 Å². The predicted octanol–water partition coefficient (Wildman–Crippen LogP) is 2.48. The maximum Gasteiger partial charge on any atom is 0.272 e. The molecule has 0 aliphatic rings. The maximum absolute atomic E-state index is 13.8. The van der Waals surface area contributed by atoms with Crippen LogP contribution in [0.15, 0.2) is 39.9 Å². The van der Waals surface area contributed by atoms with Crippen LogP contribution in [0.5, 0.6) is 5.88 Å². The fourth-order valence-corrected chi connectivity index (χ4v) is 3.23. The van der Waals surface area contributed by atoms with Gasteiger partial charge in [0.05, 0.1) is 30.3 Å². The van der Waals surface area contributed by atoms with Crippen molar-refractivity contribution in [3.63, 3.8) is 0 Å². The van der Waals surface area contributed by atoms with Crippen LogP contribution in [-0.2, 0) is 19.7 Å². The highest BCUT2D eigenvalue weighted by atomic mass is 79.9. The number of rotatable bonds is 10. The Morgan fingerprint density at radius 2 is 1.97 bits per heavy atom. The second-order valence-electron chi connectivity index (χ2n) is 6.95. The summed E-state index contributed by atoms with van der Waals surface area (Å²) in [5.74, 6) is -1.03. The first-order valence-electron chi connectivity index (χ1n) is 9.84. The summed E-state index contributed by atoms with van der Waals surface area (Å²) in [6.07, 6.45) is 3.87. The van der Waals surface area contributed by atoms with Crippen LogP contribution in [0.3, 0.4) is 0 Å². The molecule has 0 aliphatic carbocycles.